The summed E-state index contributed by atoms with van der Waals surface area (Å²) in [6.45, 7) is -1.04. The standard InChI is InChI=1S/C10H10F3N3/c1-16-9-4-2-3-8(7(9)5-15-16)14-6-10(11,12)13/h2-5,14H,6H2,1H3. The molecule has 0 aliphatic heterocycles. The van der Waals surface area contributed by atoms with Crippen molar-refractivity contribution < 1.29 is 13.2 Å². The second kappa shape index (κ2) is 3.70. The average molecular weight is 229 g/mol. The van der Waals surface area contributed by atoms with Gasteiger partial charge in [-0.15, -0.1) is 0 Å². The van der Waals surface area contributed by atoms with Gasteiger partial charge < -0.3 is 5.32 Å². The lowest BCUT2D eigenvalue weighted by Crippen LogP contribution is -2.21. The lowest BCUT2D eigenvalue weighted by Gasteiger charge is -2.10. The van der Waals surface area contributed by atoms with Gasteiger partial charge in [0.25, 0.3) is 0 Å². The van der Waals surface area contributed by atoms with Crippen LogP contribution in [-0.4, -0.2) is 22.5 Å². The topological polar surface area (TPSA) is 29.9 Å². The molecule has 0 fully saturated rings. The van der Waals surface area contributed by atoms with E-state index >= 15 is 0 Å². The summed E-state index contributed by atoms with van der Waals surface area (Å²) in [6, 6.07) is 5.11. The first-order valence-electron chi connectivity index (χ1n) is 4.69. The average Bonchev–Trinajstić information content (AvgIpc) is 2.57. The van der Waals surface area contributed by atoms with E-state index in [1.165, 1.54) is 0 Å². The van der Waals surface area contributed by atoms with Gasteiger partial charge in [0.05, 0.1) is 11.7 Å². The molecule has 0 saturated carbocycles. The number of halogens is 3. The predicted molar refractivity (Wildman–Crippen MR) is 55.3 cm³/mol. The van der Waals surface area contributed by atoms with Crippen LogP contribution in [0.2, 0.25) is 0 Å². The van der Waals surface area contributed by atoms with E-state index in [4.69, 9.17) is 0 Å². The molecular weight excluding hydrogens is 219 g/mol. The molecule has 3 nitrogen and oxygen atoms in total. The molecule has 6 heteroatoms. The second-order valence-electron chi connectivity index (χ2n) is 3.48. The van der Waals surface area contributed by atoms with Crippen LogP contribution in [0.1, 0.15) is 0 Å². The molecule has 0 unspecified atom stereocenters. The van der Waals surface area contributed by atoms with Gasteiger partial charge in [0.15, 0.2) is 0 Å². The molecule has 1 aromatic heterocycles. The van der Waals surface area contributed by atoms with Gasteiger partial charge in [-0.05, 0) is 12.1 Å². The Labute approximate surface area is 89.9 Å². The van der Waals surface area contributed by atoms with Gasteiger partial charge in [0.1, 0.15) is 6.54 Å². The van der Waals surface area contributed by atoms with Gasteiger partial charge >= 0.3 is 6.18 Å². The van der Waals surface area contributed by atoms with E-state index in [-0.39, 0.29) is 0 Å². The van der Waals surface area contributed by atoms with E-state index in [0.29, 0.717) is 11.1 Å². The fraction of sp³-hybridized carbons (Fsp3) is 0.300. The summed E-state index contributed by atoms with van der Waals surface area (Å²) in [5.74, 6) is 0. The van der Waals surface area contributed by atoms with Crippen LogP contribution in [0.3, 0.4) is 0 Å². The van der Waals surface area contributed by atoms with E-state index in [2.05, 4.69) is 10.4 Å². The maximum absolute atomic E-state index is 12.1. The molecule has 0 aliphatic rings. The minimum Gasteiger partial charge on any atom is -0.376 e. The third kappa shape index (κ3) is 2.10. The molecule has 0 atom stereocenters. The van der Waals surface area contributed by atoms with Crippen molar-refractivity contribution in [1.82, 2.24) is 9.78 Å². The number of alkyl halides is 3. The number of hydrogen-bond acceptors (Lipinski definition) is 2. The molecule has 0 aliphatic carbocycles. The van der Waals surface area contributed by atoms with Crippen molar-refractivity contribution in [3.63, 3.8) is 0 Å². The summed E-state index contributed by atoms with van der Waals surface area (Å²) >= 11 is 0. The molecule has 1 heterocycles. The molecule has 86 valence electrons. The molecule has 0 radical (unpaired) electrons. The molecule has 0 spiro atoms. The van der Waals surface area contributed by atoms with Crippen LogP contribution in [0.5, 0.6) is 0 Å². The zero-order valence-corrected chi connectivity index (χ0v) is 8.54. The Bertz CT molecular complexity index is 501. The molecule has 0 amide bonds. The third-order valence-electron chi connectivity index (χ3n) is 2.27. The van der Waals surface area contributed by atoms with E-state index in [0.717, 1.165) is 5.52 Å². The fourth-order valence-electron chi connectivity index (χ4n) is 1.53. The van der Waals surface area contributed by atoms with Crippen LogP contribution in [0.15, 0.2) is 24.4 Å². The quantitative estimate of drug-likeness (QED) is 0.857. The third-order valence-corrected chi connectivity index (χ3v) is 2.27. The molecule has 1 N–H and O–H groups in total. The molecule has 2 rings (SSSR count). The summed E-state index contributed by atoms with van der Waals surface area (Å²) in [6.07, 6.45) is -2.67. The van der Waals surface area contributed by atoms with Crippen LogP contribution in [0.4, 0.5) is 18.9 Å². The number of benzene rings is 1. The van der Waals surface area contributed by atoms with Gasteiger partial charge in [0.2, 0.25) is 0 Å². The van der Waals surface area contributed by atoms with Crippen LogP contribution < -0.4 is 5.32 Å². The molecular formula is C10H10F3N3. The number of aromatic nitrogens is 2. The highest BCUT2D eigenvalue weighted by Gasteiger charge is 2.26. The lowest BCUT2D eigenvalue weighted by atomic mass is 10.2. The van der Waals surface area contributed by atoms with Crippen molar-refractivity contribution in [2.75, 3.05) is 11.9 Å². The number of nitrogens with zero attached hydrogens (tertiary/aromatic N) is 2. The predicted octanol–water partition coefficient (Wildman–Crippen LogP) is 2.55. The van der Waals surface area contributed by atoms with Crippen LogP contribution >= 0.6 is 0 Å². The highest BCUT2D eigenvalue weighted by molar-refractivity contribution is 5.91. The maximum Gasteiger partial charge on any atom is 0.405 e. The Morgan fingerprint density at radius 2 is 2.12 bits per heavy atom. The smallest absolute Gasteiger partial charge is 0.376 e. The van der Waals surface area contributed by atoms with Crippen LogP contribution in [-0.2, 0) is 7.05 Å². The van der Waals surface area contributed by atoms with Gasteiger partial charge in [-0.3, -0.25) is 4.68 Å². The highest BCUT2D eigenvalue weighted by atomic mass is 19.4. The van der Waals surface area contributed by atoms with Crippen molar-refractivity contribution >= 4 is 16.6 Å². The van der Waals surface area contributed by atoms with E-state index in [1.54, 1.807) is 36.1 Å². The number of nitrogens with one attached hydrogen (secondary N) is 1. The van der Waals surface area contributed by atoms with Crippen LogP contribution in [0.25, 0.3) is 10.9 Å². The second-order valence-corrected chi connectivity index (χ2v) is 3.48. The monoisotopic (exact) mass is 229 g/mol. The summed E-state index contributed by atoms with van der Waals surface area (Å²) < 4.78 is 37.8. The zero-order valence-electron chi connectivity index (χ0n) is 8.54. The van der Waals surface area contributed by atoms with Crippen molar-refractivity contribution in [3.8, 4) is 0 Å². The van der Waals surface area contributed by atoms with Gasteiger partial charge in [-0.1, -0.05) is 6.07 Å². The number of hydrogen-bond donors (Lipinski definition) is 1. The minimum atomic E-state index is -4.22. The number of anilines is 1. The van der Waals surface area contributed by atoms with E-state index in [1.807, 2.05) is 0 Å². The van der Waals surface area contributed by atoms with Gasteiger partial charge in [-0.2, -0.15) is 18.3 Å². The number of aryl methyl sites for hydroxylation is 1. The van der Waals surface area contributed by atoms with Crippen molar-refractivity contribution in [2.24, 2.45) is 7.05 Å². The maximum atomic E-state index is 12.1. The van der Waals surface area contributed by atoms with E-state index in [9.17, 15) is 13.2 Å². The molecule has 2 aromatic rings. The first-order chi connectivity index (χ1) is 7.47. The number of rotatable bonds is 2. The summed E-state index contributed by atoms with van der Waals surface area (Å²) in [7, 11) is 1.75. The van der Waals surface area contributed by atoms with Crippen molar-refractivity contribution in [1.29, 1.82) is 0 Å². The highest BCUT2D eigenvalue weighted by Crippen LogP contribution is 2.24. The largest absolute Gasteiger partial charge is 0.405 e. The van der Waals surface area contributed by atoms with E-state index < -0.39 is 12.7 Å². The Balaban J connectivity index is 2.31. The SMILES string of the molecule is Cn1ncc2c(NCC(F)(F)F)cccc21. The van der Waals surface area contributed by atoms with Crippen molar-refractivity contribution in [3.05, 3.63) is 24.4 Å². The first kappa shape index (κ1) is 10.8. The Morgan fingerprint density at radius 3 is 2.81 bits per heavy atom. The Hall–Kier alpha value is -1.72. The minimum absolute atomic E-state index is 0.447. The Morgan fingerprint density at radius 1 is 1.38 bits per heavy atom. The molecule has 16 heavy (non-hydrogen) atoms. The summed E-state index contributed by atoms with van der Waals surface area (Å²) in [5, 5.41) is 7.05. The zero-order chi connectivity index (χ0) is 11.8. The summed E-state index contributed by atoms with van der Waals surface area (Å²) in [4.78, 5) is 0. The molecule has 0 saturated heterocycles. The fourth-order valence-corrected chi connectivity index (χ4v) is 1.53. The lowest BCUT2D eigenvalue weighted by molar-refractivity contribution is -0.115. The molecule has 1 aromatic carbocycles. The molecule has 0 bridgehead atoms. The number of fused-ring (bicyclic) bond motifs is 1. The van der Waals surface area contributed by atoms with Gasteiger partial charge in [0, 0.05) is 18.1 Å². The van der Waals surface area contributed by atoms with Crippen LogP contribution in [0, 0.1) is 0 Å². The summed E-state index contributed by atoms with van der Waals surface area (Å²) in [5.41, 5.74) is 1.25. The van der Waals surface area contributed by atoms with Crippen molar-refractivity contribution in [2.45, 2.75) is 6.18 Å². The first-order valence-corrected chi connectivity index (χ1v) is 4.69. The Kier molecular flexibility index (Phi) is 2.49. The normalized spacial score (nSPS) is 12.0. The van der Waals surface area contributed by atoms with Gasteiger partial charge in [-0.25, -0.2) is 0 Å².